The van der Waals surface area contributed by atoms with E-state index in [4.69, 9.17) is 16.3 Å². The fraction of sp³-hybridized carbons (Fsp3) is 0.615. The average Bonchev–Trinajstić information content (AvgIpc) is 2.30. The molecule has 1 N–H and O–H groups in total. The van der Waals surface area contributed by atoms with E-state index in [1.54, 1.807) is 6.92 Å². The molecule has 1 rings (SSSR count). The van der Waals surface area contributed by atoms with Crippen LogP contribution in [-0.4, -0.2) is 29.1 Å². The Kier molecular flexibility index (Phi) is 5.11. The van der Waals surface area contributed by atoms with Crippen LogP contribution in [0.4, 0.5) is 5.82 Å². The number of nitrogens with one attached hydrogen (secondary N) is 1. The molecule has 106 valence electrons. The van der Waals surface area contributed by atoms with E-state index in [-0.39, 0.29) is 17.9 Å². The van der Waals surface area contributed by atoms with Crippen molar-refractivity contribution < 1.29 is 9.53 Å². The molecule has 0 aliphatic heterocycles. The van der Waals surface area contributed by atoms with Crippen LogP contribution in [0.25, 0.3) is 0 Å². The molecule has 0 amide bonds. The van der Waals surface area contributed by atoms with E-state index in [0.29, 0.717) is 23.4 Å². The number of hydrogen-bond acceptors (Lipinski definition) is 5. The van der Waals surface area contributed by atoms with Crippen molar-refractivity contribution in [2.75, 3.05) is 18.5 Å². The van der Waals surface area contributed by atoms with Gasteiger partial charge in [-0.05, 0) is 13.8 Å². The molecule has 19 heavy (non-hydrogen) atoms. The molecule has 1 heterocycles. The predicted molar refractivity (Wildman–Crippen MR) is 75.6 cm³/mol. The molecule has 0 atom stereocenters. The summed E-state index contributed by atoms with van der Waals surface area (Å²) in [7, 11) is 0. The molecule has 0 aliphatic rings. The molecule has 5 nitrogen and oxygen atoms in total. The van der Waals surface area contributed by atoms with Gasteiger partial charge in [-0.3, -0.25) is 4.79 Å². The van der Waals surface area contributed by atoms with Gasteiger partial charge in [0.05, 0.1) is 6.61 Å². The van der Waals surface area contributed by atoms with Gasteiger partial charge in [-0.1, -0.05) is 32.4 Å². The van der Waals surface area contributed by atoms with Crippen molar-refractivity contribution in [3.63, 3.8) is 0 Å². The highest BCUT2D eigenvalue weighted by atomic mass is 35.5. The molecule has 1 aromatic heterocycles. The SMILES string of the molecule is CCOC(=O)CNc1nc(C(C)(C)C)nc(Cl)c1C. The van der Waals surface area contributed by atoms with Crippen LogP contribution in [0.5, 0.6) is 0 Å². The highest BCUT2D eigenvalue weighted by molar-refractivity contribution is 6.30. The molecule has 0 aromatic carbocycles. The fourth-order valence-electron chi connectivity index (χ4n) is 1.36. The van der Waals surface area contributed by atoms with Gasteiger partial charge in [0.15, 0.2) is 0 Å². The van der Waals surface area contributed by atoms with E-state index in [1.807, 2.05) is 27.7 Å². The Morgan fingerprint density at radius 3 is 2.53 bits per heavy atom. The maximum absolute atomic E-state index is 11.3. The number of ether oxygens (including phenoxy) is 1. The van der Waals surface area contributed by atoms with Crippen LogP contribution in [0.2, 0.25) is 5.15 Å². The van der Waals surface area contributed by atoms with Gasteiger partial charge < -0.3 is 10.1 Å². The van der Waals surface area contributed by atoms with Gasteiger partial charge in [0.2, 0.25) is 0 Å². The van der Waals surface area contributed by atoms with Gasteiger partial charge in [-0.2, -0.15) is 0 Å². The highest BCUT2D eigenvalue weighted by Gasteiger charge is 2.20. The number of esters is 1. The first kappa shape index (κ1) is 15.7. The van der Waals surface area contributed by atoms with E-state index in [2.05, 4.69) is 15.3 Å². The summed E-state index contributed by atoms with van der Waals surface area (Å²) < 4.78 is 4.85. The Bertz CT molecular complexity index is 470. The third-order valence-corrected chi connectivity index (χ3v) is 2.83. The van der Waals surface area contributed by atoms with Gasteiger partial charge in [-0.15, -0.1) is 0 Å². The summed E-state index contributed by atoms with van der Waals surface area (Å²) >= 11 is 6.09. The normalized spacial score (nSPS) is 11.3. The summed E-state index contributed by atoms with van der Waals surface area (Å²) in [5.74, 6) is 0.876. The number of nitrogens with zero attached hydrogens (tertiary/aromatic N) is 2. The topological polar surface area (TPSA) is 64.1 Å². The van der Waals surface area contributed by atoms with Crippen molar-refractivity contribution in [3.8, 4) is 0 Å². The van der Waals surface area contributed by atoms with E-state index >= 15 is 0 Å². The summed E-state index contributed by atoms with van der Waals surface area (Å²) in [5, 5.41) is 3.34. The Hall–Kier alpha value is -1.36. The van der Waals surface area contributed by atoms with Crippen molar-refractivity contribution in [1.29, 1.82) is 0 Å². The molecule has 0 radical (unpaired) electrons. The molecule has 0 saturated heterocycles. The summed E-state index contributed by atoms with van der Waals surface area (Å²) in [5.41, 5.74) is 0.511. The molecule has 0 fully saturated rings. The molecular formula is C13H20ClN3O2. The lowest BCUT2D eigenvalue weighted by atomic mass is 9.95. The van der Waals surface area contributed by atoms with Gasteiger partial charge in [0, 0.05) is 11.0 Å². The maximum Gasteiger partial charge on any atom is 0.325 e. The van der Waals surface area contributed by atoms with Crippen LogP contribution < -0.4 is 5.32 Å². The summed E-state index contributed by atoms with van der Waals surface area (Å²) in [4.78, 5) is 20.0. The minimum absolute atomic E-state index is 0.0611. The fourth-order valence-corrected chi connectivity index (χ4v) is 1.53. The first-order chi connectivity index (χ1) is 8.75. The number of anilines is 1. The Balaban J connectivity index is 2.94. The third kappa shape index (κ3) is 4.35. The van der Waals surface area contributed by atoms with Crippen molar-refractivity contribution >= 4 is 23.4 Å². The third-order valence-electron chi connectivity index (χ3n) is 2.46. The molecule has 0 bridgehead atoms. The first-order valence-electron chi connectivity index (χ1n) is 6.19. The standard InChI is InChI=1S/C13H20ClN3O2/c1-6-19-9(18)7-15-11-8(2)10(14)16-12(17-11)13(3,4)5/h6-7H2,1-5H3,(H,15,16,17). The van der Waals surface area contributed by atoms with Crippen LogP contribution in [-0.2, 0) is 14.9 Å². The lowest BCUT2D eigenvalue weighted by molar-refractivity contribution is -0.140. The second kappa shape index (κ2) is 6.19. The molecule has 6 heteroatoms. The van der Waals surface area contributed by atoms with Gasteiger partial charge in [0.25, 0.3) is 0 Å². The lowest BCUT2D eigenvalue weighted by Crippen LogP contribution is -2.21. The number of carbonyl (C=O) groups excluding carboxylic acids is 1. The molecule has 0 spiro atoms. The predicted octanol–water partition coefficient (Wildman–Crippen LogP) is 2.71. The van der Waals surface area contributed by atoms with Crippen LogP contribution in [0, 0.1) is 6.92 Å². The van der Waals surface area contributed by atoms with Crippen molar-refractivity contribution in [1.82, 2.24) is 9.97 Å². The molecule has 0 unspecified atom stereocenters. The smallest absolute Gasteiger partial charge is 0.325 e. The number of rotatable bonds is 4. The zero-order chi connectivity index (χ0) is 14.6. The zero-order valence-electron chi connectivity index (χ0n) is 12.0. The minimum Gasteiger partial charge on any atom is -0.465 e. The maximum atomic E-state index is 11.3. The van der Waals surface area contributed by atoms with Crippen LogP contribution in [0.15, 0.2) is 0 Å². The van der Waals surface area contributed by atoms with E-state index < -0.39 is 0 Å². The Labute approximate surface area is 118 Å². The summed E-state index contributed by atoms with van der Waals surface area (Å²) in [6.07, 6.45) is 0. The molecule has 0 aliphatic carbocycles. The van der Waals surface area contributed by atoms with Gasteiger partial charge >= 0.3 is 5.97 Å². The largest absolute Gasteiger partial charge is 0.465 e. The monoisotopic (exact) mass is 285 g/mol. The van der Waals surface area contributed by atoms with E-state index in [9.17, 15) is 4.79 Å². The average molecular weight is 286 g/mol. The van der Waals surface area contributed by atoms with Crippen LogP contribution >= 0.6 is 11.6 Å². The number of carbonyl (C=O) groups is 1. The van der Waals surface area contributed by atoms with Crippen LogP contribution in [0.3, 0.4) is 0 Å². The highest BCUT2D eigenvalue weighted by Crippen LogP contribution is 2.25. The Morgan fingerprint density at radius 1 is 1.37 bits per heavy atom. The Morgan fingerprint density at radius 2 is 2.00 bits per heavy atom. The van der Waals surface area contributed by atoms with Crippen molar-refractivity contribution in [3.05, 3.63) is 16.5 Å². The van der Waals surface area contributed by atoms with Crippen LogP contribution in [0.1, 0.15) is 39.1 Å². The van der Waals surface area contributed by atoms with E-state index in [0.717, 1.165) is 5.56 Å². The molecule has 0 saturated carbocycles. The second-order valence-electron chi connectivity index (χ2n) is 5.22. The van der Waals surface area contributed by atoms with E-state index in [1.165, 1.54) is 0 Å². The first-order valence-corrected chi connectivity index (χ1v) is 6.57. The number of halogens is 1. The summed E-state index contributed by atoms with van der Waals surface area (Å²) in [6, 6.07) is 0. The number of hydrogen-bond donors (Lipinski definition) is 1. The molecular weight excluding hydrogens is 266 g/mol. The van der Waals surface area contributed by atoms with Crippen molar-refractivity contribution in [2.45, 2.75) is 40.0 Å². The zero-order valence-corrected chi connectivity index (χ0v) is 12.8. The summed E-state index contributed by atoms with van der Waals surface area (Å²) in [6.45, 7) is 10.0. The molecule has 1 aromatic rings. The van der Waals surface area contributed by atoms with Crippen molar-refractivity contribution in [2.24, 2.45) is 0 Å². The minimum atomic E-state index is -0.325. The number of aromatic nitrogens is 2. The quantitative estimate of drug-likeness (QED) is 0.681. The lowest BCUT2D eigenvalue weighted by Gasteiger charge is -2.19. The van der Waals surface area contributed by atoms with Gasteiger partial charge in [0.1, 0.15) is 23.3 Å². The van der Waals surface area contributed by atoms with Gasteiger partial charge in [-0.25, -0.2) is 9.97 Å². The second-order valence-corrected chi connectivity index (χ2v) is 5.58.